The van der Waals surface area contributed by atoms with Crippen LogP contribution in [-0.4, -0.2) is 52.4 Å². The number of benzene rings is 1. The number of nitro benzene ring substituents is 1. The van der Waals surface area contributed by atoms with E-state index in [1.54, 1.807) is 0 Å². The number of rotatable bonds is 9. The zero-order valence-corrected chi connectivity index (χ0v) is 13.9. The molecule has 0 fully saturated rings. The molecule has 0 aliphatic carbocycles. The Balaban J connectivity index is 2.48. The number of amides is 2. The molecule has 24 heavy (non-hydrogen) atoms. The number of halogens is 1. The van der Waals surface area contributed by atoms with Gasteiger partial charge < -0.3 is 15.7 Å². The third-order valence-corrected chi connectivity index (χ3v) is 3.88. The van der Waals surface area contributed by atoms with Crippen molar-refractivity contribution < 1.29 is 24.4 Å². The average Bonchev–Trinajstić information content (AvgIpc) is 2.51. The summed E-state index contributed by atoms with van der Waals surface area (Å²) in [6, 6.07) is 3.82. The van der Waals surface area contributed by atoms with Crippen molar-refractivity contribution in [2.45, 2.75) is 0 Å². The van der Waals surface area contributed by atoms with E-state index in [0.29, 0.717) is 5.75 Å². The third-order valence-electron chi connectivity index (χ3n) is 2.62. The lowest BCUT2D eigenvalue weighted by Crippen LogP contribution is -2.38. The standard InChI is InChI=1S/C13H14ClN3O6S/c14-8-2-1-3-9(17(22)23)12(8)13(21)16-6-10(18)15-4-5-24-7-11(19)20/h1-3H,4-7H2,(H,15,18)(H,16,21)(H,19,20). The summed E-state index contributed by atoms with van der Waals surface area (Å²) in [6.45, 7) is -0.149. The Kier molecular flexibility index (Phi) is 7.99. The van der Waals surface area contributed by atoms with Crippen LogP contribution < -0.4 is 10.6 Å². The summed E-state index contributed by atoms with van der Waals surface area (Å²) in [4.78, 5) is 44.0. The number of hydrogen-bond acceptors (Lipinski definition) is 6. The molecular weight excluding hydrogens is 362 g/mol. The largest absolute Gasteiger partial charge is 0.481 e. The molecule has 130 valence electrons. The molecule has 0 aliphatic heterocycles. The summed E-state index contributed by atoms with van der Waals surface area (Å²) in [5, 5.41) is 24.0. The highest BCUT2D eigenvalue weighted by molar-refractivity contribution is 7.99. The first kappa shape index (κ1) is 19.7. The van der Waals surface area contributed by atoms with Gasteiger partial charge in [0.05, 0.1) is 22.2 Å². The molecule has 9 nitrogen and oxygen atoms in total. The van der Waals surface area contributed by atoms with E-state index in [4.69, 9.17) is 16.7 Å². The van der Waals surface area contributed by atoms with Gasteiger partial charge in [-0.1, -0.05) is 17.7 Å². The van der Waals surface area contributed by atoms with E-state index in [1.807, 2.05) is 0 Å². The highest BCUT2D eigenvalue weighted by Crippen LogP contribution is 2.25. The predicted molar refractivity (Wildman–Crippen MR) is 88.4 cm³/mol. The molecular formula is C13H14ClN3O6S. The molecule has 0 radical (unpaired) electrons. The number of nitro groups is 1. The van der Waals surface area contributed by atoms with E-state index in [2.05, 4.69) is 10.6 Å². The number of carbonyl (C=O) groups is 3. The SMILES string of the molecule is O=C(O)CSCCNC(=O)CNC(=O)c1c(Cl)cccc1[N+](=O)[O-]. The summed E-state index contributed by atoms with van der Waals surface area (Å²) in [5.41, 5.74) is -0.764. The van der Waals surface area contributed by atoms with Crippen LogP contribution in [0.25, 0.3) is 0 Å². The number of carboxylic acids is 1. The molecule has 1 aromatic rings. The van der Waals surface area contributed by atoms with Crippen LogP contribution in [0.2, 0.25) is 5.02 Å². The van der Waals surface area contributed by atoms with Crippen molar-refractivity contribution in [2.75, 3.05) is 24.6 Å². The minimum absolute atomic E-state index is 0.0667. The van der Waals surface area contributed by atoms with Gasteiger partial charge in [0.1, 0.15) is 5.56 Å². The highest BCUT2D eigenvalue weighted by Gasteiger charge is 2.23. The van der Waals surface area contributed by atoms with Gasteiger partial charge in [-0.15, -0.1) is 11.8 Å². The van der Waals surface area contributed by atoms with E-state index in [1.165, 1.54) is 12.1 Å². The lowest BCUT2D eigenvalue weighted by atomic mass is 10.1. The highest BCUT2D eigenvalue weighted by atomic mass is 35.5. The molecule has 1 aromatic carbocycles. The molecule has 0 saturated carbocycles. The molecule has 2 amide bonds. The molecule has 0 atom stereocenters. The maximum absolute atomic E-state index is 12.0. The van der Waals surface area contributed by atoms with Crippen LogP contribution in [0.3, 0.4) is 0 Å². The first-order chi connectivity index (χ1) is 11.3. The topological polar surface area (TPSA) is 139 Å². The van der Waals surface area contributed by atoms with E-state index < -0.39 is 28.4 Å². The van der Waals surface area contributed by atoms with Gasteiger partial charge in [-0.25, -0.2) is 0 Å². The Morgan fingerprint density at radius 2 is 2.00 bits per heavy atom. The lowest BCUT2D eigenvalue weighted by Gasteiger charge is -2.08. The van der Waals surface area contributed by atoms with Crippen LogP contribution in [0.15, 0.2) is 18.2 Å². The minimum atomic E-state index is -0.945. The maximum atomic E-state index is 12.0. The smallest absolute Gasteiger partial charge is 0.313 e. The van der Waals surface area contributed by atoms with Gasteiger partial charge in [-0.05, 0) is 6.07 Å². The van der Waals surface area contributed by atoms with E-state index in [0.717, 1.165) is 17.8 Å². The average molecular weight is 376 g/mol. The summed E-state index contributed by atoms with van der Waals surface area (Å²) < 4.78 is 0. The molecule has 0 heterocycles. The number of thioether (sulfide) groups is 1. The fourth-order valence-corrected chi connectivity index (χ4v) is 2.44. The molecule has 0 unspecified atom stereocenters. The van der Waals surface area contributed by atoms with Crippen molar-refractivity contribution >= 4 is 46.8 Å². The molecule has 1 rings (SSSR count). The van der Waals surface area contributed by atoms with Crippen molar-refractivity contribution in [2.24, 2.45) is 0 Å². The zero-order chi connectivity index (χ0) is 18.1. The number of nitrogens with zero attached hydrogens (tertiary/aromatic N) is 1. The monoisotopic (exact) mass is 375 g/mol. The normalized spacial score (nSPS) is 10.0. The summed E-state index contributed by atoms with van der Waals surface area (Å²) in [5.74, 6) is -1.94. The summed E-state index contributed by atoms with van der Waals surface area (Å²) in [7, 11) is 0. The number of nitrogens with one attached hydrogen (secondary N) is 2. The predicted octanol–water partition coefficient (Wildman–Crippen LogP) is 0.912. The van der Waals surface area contributed by atoms with Crippen LogP contribution in [-0.2, 0) is 9.59 Å². The van der Waals surface area contributed by atoms with Crippen molar-refractivity contribution in [1.82, 2.24) is 10.6 Å². The van der Waals surface area contributed by atoms with Crippen molar-refractivity contribution in [3.8, 4) is 0 Å². The maximum Gasteiger partial charge on any atom is 0.313 e. The number of aliphatic carboxylic acids is 1. The molecule has 0 saturated heterocycles. The second-order valence-corrected chi connectivity index (χ2v) is 5.88. The number of hydrogen-bond donors (Lipinski definition) is 3. The van der Waals surface area contributed by atoms with E-state index in [-0.39, 0.29) is 29.4 Å². The fraction of sp³-hybridized carbons (Fsp3) is 0.308. The van der Waals surface area contributed by atoms with Crippen molar-refractivity contribution in [3.05, 3.63) is 38.9 Å². The van der Waals surface area contributed by atoms with Crippen molar-refractivity contribution in [1.29, 1.82) is 0 Å². The van der Waals surface area contributed by atoms with Gasteiger partial charge in [0.25, 0.3) is 11.6 Å². The van der Waals surface area contributed by atoms with Crippen LogP contribution in [0.5, 0.6) is 0 Å². The van der Waals surface area contributed by atoms with Gasteiger partial charge in [0, 0.05) is 18.4 Å². The summed E-state index contributed by atoms with van der Waals surface area (Å²) >= 11 is 6.95. The van der Waals surface area contributed by atoms with Gasteiger partial charge >= 0.3 is 5.97 Å². The Hall–Kier alpha value is -2.33. The van der Waals surface area contributed by atoms with Gasteiger partial charge in [0.2, 0.25) is 5.91 Å². The van der Waals surface area contributed by atoms with Gasteiger partial charge in [-0.2, -0.15) is 0 Å². The Morgan fingerprint density at radius 1 is 1.29 bits per heavy atom. The second kappa shape index (κ2) is 9.73. The van der Waals surface area contributed by atoms with E-state index in [9.17, 15) is 24.5 Å². The molecule has 3 N–H and O–H groups in total. The quantitative estimate of drug-likeness (QED) is 0.331. The van der Waals surface area contributed by atoms with Gasteiger partial charge in [-0.3, -0.25) is 24.5 Å². The van der Waals surface area contributed by atoms with E-state index >= 15 is 0 Å². The molecule has 0 aliphatic rings. The lowest BCUT2D eigenvalue weighted by molar-refractivity contribution is -0.385. The summed E-state index contributed by atoms with van der Waals surface area (Å²) in [6.07, 6.45) is 0. The molecule has 0 bridgehead atoms. The molecule has 0 aromatic heterocycles. The Bertz CT molecular complexity index is 655. The Labute approximate surface area is 145 Å². The van der Waals surface area contributed by atoms with Crippen LogP contribution in [0.4, 0.5) is 5.69 Å². The van der Waals surface area contributed by atoms with Crippen LogP contribution in [0.1, 0.15) is 10.4 Å². The number of carbonyl (C=O) groups excluding carboxylic acids is 2. The van der Waals surface area contributed by atoms with Crippen LogP contribution in [0, 0.1) is 10.1 Å². The zero-order valence-electron chi connectivity index (χ0n) is 12.3. The third kappa shape index (κ3) is 6.42. The first-order valence-corrected chi connectivity index (χ1v) is 8.13. The molecule has 11 heteroatoms. The second-order valence-electron chi connectivity index (χ2n) is 4.37. The molecule has 0 spiro atoms. The van der Waals surface area contributed by atoms with Crippen LogP contribution >= 0.6 is 23.4 Å². The van der Waals surface area contributed by atoms with Crippen molar-refractivity contribution in [3.63, 3.8) is 0 Å². The fourth-order valence-electron chi connectivity index (χ4n) is 1.62. The minimum Gasteiger partial charge on any atom is -0.481 e. The number of carboxylic acid groups (broad SMARTS) is 1. The Morgan fingerprint density at radius 3 is 2.62 bits per heavy atom. The first-order valence-electron chi connectivity index (χ1n) is 6.60. The van der Waals surface area contributed by atoms with Gasteiger partial charge in [0.15, 0.2) is 0 Å².